The van der Waals surface area contributed by atoms with Crippen molar-refractivity contribution in [2.45, 2.75) is 199 Å². The van der Waals surface area contributed by atoms with Gasteiger partial charge in [-0.3, -0.25) is 9.59 Å². The van der Waals surface area contributed by atoms with Crippen LogP contribution in [0.1, 0.15) is 20.8 Å². The van der Waals surface area contributed by atoms with Gasteiger partial charge in [-0.15, -0.1) is 0 Å². The molecule has 0 radical (unpaired) electrons. The largest absolute Gasteiger partial charge is 0.394 e. The van der Waals surface area contributed by atoms with Crippen LogP contribution < -0.4 is 10.6 Å². The molecular formula is C40H68N2O30. The van der Waals surface area contributed by atoms with E-state index < -0.39 is 223 Å². The summed E-state index contributed by atoms with van der Waals surface area (Å²) in [6.07, 6.45) is -53.8. The molecule has 418 valence electrons. The number of carbonyl (C=O) groups excluding carboxylic acids is 3. The van der Waals surface area contributed by atoms with Crippen LogP contribution in [0.5, 0.6) is 0 Å². The highest BCUT2D eigenvalue weighted by Gasteiger charge is 2.58. The van der Waals surface area contributed by atoms with Crippen molar-refractivity contribution in [1.29, 1.82) is 0 Å². The van der Waals surface area contributed by atoms with Gasteiger partial charge in [0.2, 0.25) is 11.8 Å². The molecule has 72 heavy (non-hydrogen) atoms. The van der Waals surface area contributed by atoms with Gasteiger partial charge in [0, 0.05) is 13.8 Å². The third-order valence-corrected chi connectivity index (χ3v) is 12.8. The monoisotopic (exact) mass is 1060 g/mol. The van der Waals surface area contributed by atoms with Crippen LogP contribution in [0.2, 0.25) is 0 Å². The molecule has 5 rings (SSSR count). The van der Waals surface area contributed by atoms with Crippen molar-refractivity contribution in [2.24, 2.45) is 0 Å². The van der Waals surface area contributed by atoms with Crippen molar-refractivity contribution in [3.63, 3.8) is 0 Å². The molecule has 32 nitrogen and oxygen atoms in total. The zero-order chi connectivity index (χ0) is 53.6. The summed E-state index contributed by atoms with van der Waals surface area (Å²) in [5.74, 6) is -1.73. The van der Waals surface area contributed by atoms with Crippen LogP contribution in [-0.4, -0.2) is 316 Å². The highest BCUT2D eigenvalue weighted by atomic mass is 16.8. The van der Waals surface area contributed by atoms with Crippen molar-refractivity contribution in [2.75, 3.05) is 33.0 Å². The second kappa shape index (κ2) is 26.5. The molecule has 19 N–H and O–H groups in total. The summed E-state index contributed by atoms with van der Waals surface area (Å²) in [5, 5.41) is 187. The molecule has 5 aliphatic heterocycles. The highest BCUT2D eigenvalue weighted by molar-refractivity contribution is 5.73. The van der Waals surface area contributed by atoms with Crippen molar-refractivity contribution in [3.8, 4) is 0 Å². The molecule has 29 atom stereocenters. The fraction of sp³-hybridized carbons (Fsp3) is 0.925. The number of ether oxygens (including phenoxy) is 10. The molecule has 0 aromatic heterocycles. The van der Waals surface area contributed by atoms with Gasteiger partial charge in [0.05, 0.1) is 39.1 Å². The lowest BCUT2D eigenvalue weighted by atomic mass is 9.93. The maximum atomic E-state index is 12.9. The van der Waals surface area contributed by atoms with E-state index in [0.29, 0.717) is 0 Å². The normalized spacial score (nSPS) is 45.6. The number of hydrogen-bond acceptors (Lipinski definition) is 30. The average Bonchev–Trinajstić information content (AvgIpc) is 3.35. The predicted octanol–water partition coefficient (Wildman–Crippen LogP) is -12.9. The number of rotatable bonds is 21. The minimum atomic E-state index is -2.28. The summed E-state index contributed by atoms with van der Waals surface area (Å²) in [7, 11) is 0. The SMILES string of the molecule is CC(=O)N[C@H]1[C@@H](O[C@H]2[C@@H](O)[C@@H](CO)O[C@@H](O[C@H]3[C@H](O)[C@@H](CO)O[C@@H](O[C@H]4[C@@H](O)[C@@H](CO)O[C@@H](O[C@@H]([C@H](O)[C@@H](O)C=O)[C@H](O)CO)[C@@H]4O)[C@@H]3NC(C)=O)[C@@H]2O[C@@H]2O[C@@H](C)[C@@H](O)[C@@H](O)[C@@H]2O)O[C@H](CO)[C@H](O)[C@@H]1O. The van der Waals surface area contributed by atoms with Gasteiger partial charge in [0.15, 0.2) is 37.7 Å². The summed E-state index contributed by atoms with van der Waals surface area (Å²) >= 11 is 0. The first kappa shape index (κ1) is 60.4. The Labute approximate surface area is 408 Å². The summed E-state index contributed by atoms with van der Waals surface area (Å²) in [6.45, 7) is -2.05. The van der Waals surface area contributed by atoms with E-state index in [4.69, 9.17) is 47.4 Å². The summed E-state index contributed by atoms with van der Waals surface area (Å²) in [4.78, 5) is 36.5. The van der Waals surface area contributed by atoms with E-state index >= 15 is 0 Å². The molecule has 0 unspecified atom stereocenters. The minimum Gasteiger partial charge on any atom is -0.394 e. The van der Waals surface area contributed by atoms with Crippen LogP contribution in [0.25, 0.3) is 0 Å². The summed E-state index contributed by atoms with van der Waals surface area (Å²) < 4.78 is 58.5. The lowest BCUT2D eigenvalue weighted by Crippen LogP contribution is -2.71. The van der Waals surface area contributed by atoms with Gasteiger partial charge in [0.25, 0.3) is 0 Å². The van der Waals surface area contributed by atoms with E-state index in [1.807, 2.05) is 0 Å². The second-order valence-corrected chi connectivity index (χ2v) is 17.9. The van der Waals surface area contributed by atoms with E-state index in [1.54, 1.807) is 0 Å². The molecule has 5 saturated heterocycles. The number of nitrogens with one attached hydrogen (secondary N) is 2. The zero-order valence-electron chi connectivity index (χ0n) is 38.8. The molecule has 0 bridgehead atoms. The van der Waals surface area contributed by atoms with Crippen molar-refractivity contribution < 1.29 is 149 Å². The fourth-order valence-electron chi connectivity index (χ4n) is 8.78. The van der Waals surface area contributed by atoms with E-state index in [9.17, 15) is 101 Å². The number of aliphatic hydroxyl groups is 17. The number of hydrogen-bond donors (Lipinski definition) is 19. The van der Waals surface area contributed by atoms with Gasteiger partial charge < -0.3 is 150 Å². The molecule has 32 heteroatoms. The Balaban J connectivity index is 1.56. The van der Waals surface area contributed by atoms with Gasteiger partial charge in [-0.05, 0) is 6.92 Å². The van der Waals surface area contributed by atoms with Crippen molar-refractivity contribution >= 4 is 18.1 Å². The summed E-state index contributed by atoms with van der Waals surface area (Å²) in [5.41, 5.74) is 0. The Morgan fingerprint density at radius 2 is 0.944 bits per heavy atom. The van der Waals surface area contributed by atoms with E-state index in [2.05, 4.69) is 10.6 Å². The van der Waals surface area contributed by atoms with Crippen LogP contribution in [-0.2, 0) is 61.8 Å². The molecule has 0 spiro atoms. The van der Waals surface area contributed by atoms with Gasteiger partial charge in [0.1, 0.15) is 140 Å². The summed E-state index contributed by atoms with van der Waals surface area (Å²) in [6, 6.07) is -3.58. The van der Waals surface area contributed by atoms with Gasteiger partial charge >= 0.3 is 0 Å². The first-order chi connectivity index (χ1) is 34.0. The van der Waals surface area contributed by atoms with Gasteiger partial charge in [-0.2, -0.15) is 0 Å². The molecule has 2 amide bonds. The number of carbonyl (C=O) groups is 3. The fourth-order valence-corrected chi connectivity index (χ4v) is 8.78. The van der Waals surface area contributed by atoms with Crippen LogP contribution in [0.15, 0.2) is 0 Å². The average molecular weight is 1060 g/mol. The number of aliphatic hydroxyl groups excluding tert-OH is 17. The molecule has 5 heterocycles. The van der Waals surface area contributed by atoms with Crippen LogP contribution >= 0.6 is 0 Å². The first-order valence-electron chi connectivity index (χ1n) is 22.7. The molecule has 5 fully saturated rings. The smallest absolute Gasteiger partial charge is 0.217 e. The third-order valence-electron chi connectivity index (χ3n) is 12.8. The maximum absolute atomic E-state index is 12.9. The van der Waals surface area contributed by atoms with Crippen LogP contribution in [0.4, 0.5) is 0 Å². The third kappa shape index (κ3) is 13.4. The molecule has 0 saturated carbocycles. The van der Waals surface area contributed by atoms with Crippen molar-refractivity contribution in [1.82, 2.24) is 10.6 Å². The number of amides is 2. The predicted molar refractivity (Wildman–Crippen MR) is 222 cm³/mol. The Kier molecular flexibility index (Phi) is 22.3. The van der Waals surface area contributed by atoms with Crippen LogP contribution in [0.3, 0.4) is 0 Å². The zero-order valence-corrected chi connectivity index (χ0v) is 38.8. The van der Waals surface area contributed by atoms with E-state index in [-0.39, 0.29) is 6.29 Å². The van der Waals surface area contributed by atoms with Crippen LogP contribution in [0, 0.1) is 0 Å². The Morgan fingerprint density at radius 3 is 1.47 bits per heavy atom. The van der Waals surface area contributed by atoms with E-state index in [0.717, 1.165) is 13.8 Å². The Morgan fingerprint density at radius 1 is 0.500 bits per heavy atom. The standard InChI is InChI=1S/C40H68N2O30/c1-10-21(53)28(60)29(61)38(63-10)72-35-34(71-36-19(41-11(2)49)27(59)23(55)15(6-45)64-36)26(58)18(9-48)67-40(35)69-32-20(42-12(3)50)37(65-16(7-46)24(32)56)70-33-25(57)17(8-47)66-39(30(33)62)68-31(14(52)5-44)22(54)13(51)4-43/h4,10,13-40,44-48,51-62H,5-9H2,1-3H3,(H,41,49)(H,42,50)/t10-,13-,14+,15+,16+,17+,18+,19+,20+,21+,22+,23-,24+,25-,26-,27+,28+,29-,30+,31+,32+,33-,34-,35+,36+,37-,38-,39-,40-/m0/s1. The molecule has 5 aliphatic rings. The van der Waals surface area contributed by atoms with Gasteiger partial charge in [-0.1, -0.05) is 0 Å². The van der Waals surface area contributed by atoms with Gasteiger partial charge in [-0.25, -0.2) is 0 Å². The topological polar surface area (TPSA) is 511 Å². The lowest BCUT2D eigenvalue weighted by molar-refractivity contribution is -0.400. The van der Waals surface area contributed by atoms with E-state index in [1.165, 1.54) is 6.92 Å². The quantitative estimate of drug-likeness (QED) is 0.0475. The van der Waals surface area contributed by atoms with Crippen molar-refractivity contribution in [3.05, 3.63) is 0 Å². The maximum Gasteiger partial charge on any atom is 0.217 e. The molecule has 0 aliphatic carbocycles. The Hall–Kier alpha value is -2.47. The second-order valence-electron chi connectivity index (χ2n) is 17.9. The Bertz CT molecular complexity index is 1710. The number of aldehydes is 1. The highest BCUT2D eigenvalue weighted by Crippen LogP contribution is 2.37. The minimum absolute atomic E-state index is 0.142. The molecular weight excluding hydrogens is 988 g/mol. The molecule has 0 aromatic rings. The molecule has 0 aromatic carbocycles. The first-order valence-corrected chi connectivity index (χ1v) is 22.7. The lowest BCUT2D eigenvalue weighted by Gasteiger charge is -2.52.